The zero-order chi connectivity index (χ0) is 75.8. The van der Waals surface area contributed by atoms with Crippen molar-refractivity contribution in [1.29, 1.82) is 0 Å². The number of rotatable bonds is 18. The number of ketones is 3. The second-order valence-corrected chi connectivity index (χ2v) is 37.7. The maximum absolute atomic E-state index is 13.4. The van der Waals surface area contributed by atoms with Crippen LogP contribution >= 0.6 is 83.5 Å². The van der Waals surface area contributed by atoms with Gasteiger partial charge in [-0.15, -0.1) is 0 Å². The summed E-state index contributed by atoms with van der Waals surface area (Å²) in [7, 11) is 29.7. The van der Waals surface area contributed by atoms with Gasteiger partial charge in [-0.05, 0) is 180 Å². The van der Waals surface area contributed by atoms with E-state index in [0.29, 0.717) is 66.4 Å². The summed E-state index contributed by atoms with van der Waals surface area (Å²) in [6.45, 7) is 15.5. The van der Waals surface area contributed by atoms with Gasteiger partial charge in [0.05, 0.1) is 19.8 Å². The molecule has 3 aromatic heterocycles. The molecule has 15 aromatic rings. The summed E-state index contributed by atoms with van der Waals surface area (Å²) < 4.78 is 23.5. The number of hydrogen-bond acceptors (Lipinski definition) is 8. The number of para-hydroxylation sites is 3. The Balaban J connectivity index is 0.000000162. The van der Waals surface area contributed by atoms with Gasteiger partial charge >= 0.3 is 22.8 Å². The molecule has 0 unspecified atom stereocenters. The zero-order valence-corrected chi connectivity index (χ0v) is 67.3. The molecule has 12 aromatic carbocycles. The lowest BCUT2D eigenvalue weighted by Gasteiger charge is -2.08. The van der Waals surface area contributed by atoms with Crippen molar-refractivity contribution in [3.05, 3.63) is 288 Å². The van der Waals surface area contributed by atoms with Crippen LogP contribution in [0.15, 0.2) is 255 Å². The highest BCUT2D eigenvalue weighted by Gasteiger charge is 2.19. The van der Waals surface area contributed by atoms with Crippen LogP contribution in [-0.2, 0) is 38.6 Å². The van der Waals surface area contributed by atoms with Crippen molar-refractivity contribution >= 4 is 232 Å². The van der Waals surface area contributed by atoms with E-state index < -0.39 is 28.0 Å². The molecule has 540 valence electrons. The van der Waals surface area contributed by atoms with Gasteiger partial charge in [0.1, 0.15) is 0 Å². The van der Waals surface area contributed by atoms with Gasteiger partial charge in [-0.2, -0.15) is 0 Å². The van der Waals surface area contributed by atoms with Crippen LogP contribution in [0.2, 0.25) is 0 Å². The second-order valence-electron chi connectivity index (χ2n) is 23.9. The topological polar surface area (TPSA) is 128 Å². The standard InChI is InChI=1S/C29H25NO3.C27H23NO2.C16H17NO.C11H7ClO.C2H3ClO.2Al.6ClH/c1-3-33-15-14-30-27-12-10-21(19(2)31)17-25(27)26-18-24(11-13-28(26)30)29(32)23-9-8-20-6-4-5-7-22(20)16-23;1-2-30-16-15-28-25-10-6-5-9-23(25)24-18-22(13-14-26(24)28)27(29)21-12-11-19-7-3-4-8-20(19)17-21;1-2-18-12-11-17-15-9-5-3-7-13(15)14-8-4-6-10-16(14)17;12-11(13)10-6-5-8-3-1-2-4-9(8)7-10;1-2(3)4;;;;;;;;/h4-13,16-18H,3,14-15H2,1-2H3;3-14,17-18H,2,15-16H2,1H3;3-10H,2,11-12H2,1H3;1-7H;1H3;;;6*1H/q;;;;;2*+3;;;;;;/p-6. The molecule has 106 heavy (non-hydrogen) atoms. The highest BCUT2D eigenvalue weighted by Crippen LogP contribution is 2.34. The summed E-state index contributed by atoms with van der Waals surface area (Å²) in [5, 5.41) is 12.6. The number of fused-ring (bicyclic) bond motifs is 12. The Morgan fingerprint density at radius 3 is 0.858 bits per heavy atom. The summed E-state index contributed by atoms with van der Waals surface area (Å²) in [6, 6.07) is 84.3. The quantitative estimate of drug-likeness (QED) is 0.0360. The Bertz CT molecular complexity index is 5500. The third-order valence-corrected chi connectivity index (χ3v) is 17.5. The third-order valence-electron chi connectivity index (χ3n) is 17.2. The van der Waals surface area contributed by atoms with Crippen molar-refractivity contribution in [2.24, 2.45) is 0 Å². The van der Waals surface area contributed by atoms with Gasteiger partial charge in [0.15, 0.2) is 17.3 Å². The molecule has 0 atom stereocenters. The van der Waals surface area contributed by atoms with Gasteiger partial charge in [0.25, 0.3) is 5.24 Å². The zero-order valence-electron chi connectivity index (χ0n) is 58.9. The number of Topliss-reactive ketones (excluding diaryl/α,β-unsaturated/α-hetero) is 1. The summed E-state index contributed by atoms with van der Waals surface area (Å²) in [5.41, 5.74) is 10.9. The summed E-state index contributed by atoms with van der Waals surface area (Å²) >= 11 is 6.56. The number of carbonyl (C=O) groups excluding carboxylic acids is 5. The first-order valence-electron chi connectivity index (χ1n) is 34.2. The number of carbonyl (C=O) groups is 5. The summed E-state index contributed by atoms with van der Waals surface area (Å²) in [4.78, 5) is 58.7. The molecule has 11 nitrogen and oxygen atoms in total. The Morgan fingerprint density at radius 2 is 0.538 bits per heavy atom. The van der Waals surface area contributed by atoms with Crippen LogP contribution in [-0.4, -0.2) is 104 Å². The van der Waals surface area contributed by atoms with Crippen LogP contribution in [0.4, 0.5) is 0 Å². The van der Waals surface area contributed by atoms with Gasteiger partial charge in [-0.1, -0.05) is 158 Å². The van der Waals surface area contributed by atoms with Gasteiger partial charge in [0, 0.05) is 145 Å². The molecule has 0 N–H and O–H groups in total. The van der Waals surface area contributed by atoms with Crippen molar-refractivity contribution in [2.45, 2.75) is 54.3 Å². The van der Waals surface area contributed by atoms with Crippen LogP contribution in [0, 0.1) is 0 Å². The number of nitrogens with zero attached hydrogens (tertiary/aromatic N) is 3. The van der Waals surface area contributed by atoms with Crippen LogP contribution in [0.1, 0.15) is 87.2 Å². The van der Waals surface area contributed by atoms with E-state index in [1.54, 1.807) is 19.1 Å². The first-order chi connectivity index (χ1) is 51.2. The number of hydrogen-bond donors (Lipinski definition) is 0. The monoisotopic (exact) mass is 1600 g/mol. The summed E-state index contributed by atoms with van der Waals surface area (Å²) in [5.74, 6) is 0.0601. The Labute approximate surface area is 659 Å². The lowest BCUT2D eigenvalue weighted by atomic mass is 9.98. The fraction of sp³-hybridized carbons (Fsp3) is 0.165. The molecular weight excluding hydrogens is 1530 g/mol. The molecule has 0 aliphatic heterocycles. The molecule has 21 heteroatoms. The molecule has 3 heterocycles. The maximum atomic E-state index is 13.4. The summed E-state index contributed by atoms with van der Waals surface area (Å²) in [6.07, 6.45) is 0. The third kappa shape index (κ3) is 22.1. The molecule has 0 aliphatic rings. The van der Waals surface area contributed by atoms with E-state index in [1.807, 2.05) is 185 Å². The lowest BCUT2D eigenvalue weighted by molar-refractivity contribution is -0.109. The van der Waals surface area contributed by atoms with Crippen molar-refractivity contribution in [3.63, 3.8) is 0 Å². The van der Waals surface area contributed by atoms with E-state index in [-0.39, 0.29) is 22.6 Å². The minimum absolute atomic E-state index is 0.0133. The molecule has 0 saturated heterocycles. The minimum atomic E-state index is -1.72. The second kappa shape index (κ2) is 41.1. The van der Waals surface area contributed by atoms with Gasteiger partial charge < -0.3 is 27.9 Å². The first-order valence-corrected chi connectivity index (χ1v) is 45.5. The van der Waals surface area contributed by atoms with E-state index in [4.69, 9.17) is 86.1 Å². The molecular formula is C85H75Al2Cl8N3O8. The van der Waals surface area contributed by atoms with Gasteiger partial charge in [0.2, 0.25) is 5.24 Å². The largest absolute Gasteiger partial charge is 0.643 e. The van der Waals surface area contributed by atoms with E-state index in [9.17, 15) is 24.0 Å². The Kier molecular flexibility index (Phi) is 32.0. The van der Waals surface area contributed by atoms with E-state index >= 15 is 0 Å². The SMILES string of the molecule is CC(=O)Cl.CCOCCn1c2ccc(C(C)=O)cc2c2cc(C(=O)c3ccc4ccccc4c3)ccc21.CCOCCn1c2ccccc2c2cc(C(=O)c3ccc4ccccc4c3)ccc21.CCOCCn1c2ccccc2c2ccccc21.O=C(Cl)c1ccc2ccccc2c1.[Cl][Al]([Cl])[Cl].[Cl][Al]([Cl])[Cl]. The predicted molar refractivity (Wildman–Crippen MR) is 450 cm³/mol. The average molecular weight is 1600 g/mol. The number of aromatic nitrogens is 3. The highest BCUT2D eigenvalue weighted by atomic mass is 35.8. The minimum Gasteiger partial charge on any atom is -0.380 e. The molecule has 0 aliphatic carbocycles. The number of ether oxygens (including phenoxy) is 3. The molecule has 0 saturated carbocycles. The van der Waals surface area contributed by atoms with E-state index in [2.05, 4.69) is 104 Å². The highest BCUT2D eigenvalue weighted by molar-refractivity contribution is 7.54. The fourth-order valence-corrected chi connectivity index (χ4v) is 12.7. The van der Waals surface area contributed by atoms with E-state index in [1.165, 1.54) is 34.2 Å². The normalized spacial score (nSPS) is 10.8. The molecule has 0 spiro atoms. The number of benzene rings is 12. The average Bonchev–Trinajstić information content (AvgIpc) is 1.61. The first kappa shape index (κ1) is 82.5. The lowest BCUT2D eigenvalue weighted by Crippen LogP contribution is -2.06. The smallest absolute Gasteiger partial charge is 0.380 e. The van der Waals surface area contributed by atoms with Crippen molar-refractivity contribution < 1.29 is 38.2 Å². The van der Waals surface area contributed by atoms with E-state index in [0.717, 1.165) is 96.7 Å². The fourth-order valence-electron chi connectivity index (χ4n) is 12.6. The molecule has 0 amide bonds. The van der Waals surface area contributed by atoms with Gasteiger partial charge in [-0.3, -0.25) is 24.0 Å². The van der Waals surface area contributed by atoms with Crippen LogP contribution in [0.25, 0.3) is 97.7 Å². The van der Waals surface area contributed by atoms with Crippen LogP contribution in [0.5, 0.6) is 0 Å². The van der Waals surface area contributed by atoms with Crippen molar-refractivity contribution in [1.82, 2.24) is 13.7 Å². The maximum Gasteiger partial charge on any atom is 0.643 e. The Hall–Kier alpha value is -7.57. The molecule has 15 rings (SSSR count). The van der Waals surface area contributed by atoms with Crippen LogP contribution in [0.3, 0.4) is 0 Å². The van der Waals surface area contributed by atoms with Gasteiger partial charge in [-0.25, -0.2) is 60.3 Å². The van der Waals surface area contributed by atoms with Crippen molar-refractivity contribution in [2.75, 3.05) is 39.6 Å². The Morgan fingerprint density at radius 1 is 0.302 bits per heavy atom. The predicted octanol–water partition coefficient (Wildman–Crippen LogP) is 23.8. The number of halogens is 8. The molecule has 0 bridgehead atoms. The molecule has 0 fully saturated rings. The van der Waals surface area contributed by atoms with Crippen molar-refractivity contribution in [3.8, 4) is 0 Å². The molecule has 0 radical (unpaired) electrons. The van der Waals surface area contributed by atoms with Crippen LogP contribution < -0.4 is 0 Å².